The normalized spacial score (nSPS) is 23.6. The predicted molar refractivity (Wildman–Crippen MR) is 125 cm³/mol. The third-order valence-electron chi connectivity index (χ3n) is 7.35. The van der Waals surface area contributed by atoms with E-state index in [-0.39, 0.29) is 28.1 Å². The number of nitrogens with zero attached hydrogens (tertiary/aromatic N) is 2. The van der Waals surface area contributed by atoms with Gasteiger partial charge < -0.3 is 4.74 Å². The van der Waals surface area contributed by atoms with Gasteiger partial charge in [0.1, 0.15) is 5.82 Å². The van der Waals surface area contributed by atoms with Crippen LogP contribution in [-0.2, 0) is 14.3 Å². The van der Waals surface area contributed by atoms with Gasteiger partial charge >= 0.3 is 0 Å². The van der Waals surface area contributed by atoms with E-state index in [1.165, 1.54) is 49.4 Å². The van der Waals surface area contributed by atoms with Crippen LogP contribution in [0.4, 0.5) is 15.8 Å². The zero-order valence-corrected chi connectivity index (χ0v) is 19.2. The van der Waals surface area contributed by atoms with Crippen molar-refractivity contribution in [3.05, 3.63) is 105 Å². The van der Waals surface area contributed by atoms with Crippen molar-refractivity contribution in [2.24, 2.45) is 11.8 Å². The van der Waals surface area contributed by atoms with Crippen LogP contribution in [0.1, 0.15) is 37.9 Å². The molecule has 0 radical (unpaired) electrons. The number of non-ortho nitro benzene ring substituents is 1. The smallest absolute Gasteiger partial charge is 0.269 e. The molecule has 3 aromatic carbocycles. The van der Waals surface area contributed by atoms with Crippen molar-refractivity contribution >= 4 is 34.8 Å². The Labute approximate surface area is 208 Å². The van der Waals surface area contributed by atoms with Crippen LogP contribution in [0, 0.1) is 34.7 Å². The molecule has 0 unspecified atom stereocenters. The zero-order chi connectivity index (χ0) is 26.2. The summed E-state index contributed by atoms with van der Waals surface area (Å²) in [5.41, 5.74) is -1.57. The highest BCUT2D eigenvalue weighted by Crippen LogP contribution is 2.57. The number of aryl methyl sites for hydroxylation is 1. The number of imide groups is 1. The Balaban J connectivity index is 1.53. The first-order chi connectivity index (χ1) is 17.7. The molecular formula is C27H17FN2O7. The molecule has 1 aliphatic carbocycles. The second-order valence-corrected chi connectivity index (χ2v) is 9.27. The number of halogens is 1. The van der Waals surface area contributed by atoms with E-state index < -0.39 is 57.7 Å². The Bertz CT molecular complexity index is 1530. The summed E-state index contributed by atoms with van der Waals surface area (Å²) < 4.78 is 19.8. The lowest BCUT2D eigenvalue weighted by Gasteiger charge is -2.27. The molecule has 2 saturated heterocycles. The SMILES string of the molecule is Cc1cc([N+](=O)[O-])ccc1N1C(=O)[C@@H]2[C@@H](C1=O)C1(O[C@H]2c2ccc(F)cc2)C(=O)c2ccccc2C1=O. The number of amides is 2. The molecule has 184 valence electrons. The summed E-state index contributed by atoms with van der Waals surface area (Å²) >= 11 is 0. The third-order valence-corrected chi connectivity index (χ3v) is 7.35. The Morgan fingerprint density at radius 3 is 2.11 bits per heavy atom. The van der Waals surface area contributed by atoms with E-state index in [4.69, 9.17) is 4.74 Å². The molecule has 0 bridgehead atoms. The maximum absolute atomic E-state index is 13.9. The number of carbonyl (C=O) groups is 4. The summed E-state index contributed by atoms with van der Waals surface area (Å²) in [4.78, 5) is 66.7. The van der Waals surface area contributed by atoms with Crippen molar-refractivity contribution in [2.75, 3.05) is 4.90 Å². The third kappa shape index (κ3) is 2.93. The van der Waals surface area contributed by atoms with Crippen molar-refractivity contribution < 1.29 is 33.2 Å². The first kappa shape index (κ1) is 22.9. The Morgan fingerprint density at radius 1 is 0.919 bits per heavy atom. The lowest BCUT2D eigenvalue weighted by Crippen LogP contribution is -2.51. The van der Waals surface area contributed by atoms with Crippen LogP contribution in [-0.4, -0.2) is 33.9 Å². The van der Waals surface area contributed by atoms with E-state index in [1.807, 2.05) is 0 Å². The second-order valence-electron chi connectivity index (χ2n) is 9.27. The van der Waals surface area contributed by atoms with Crippen molar-refractivity contribution in [3.8, 4) is 0 Å². The fourth-order valence-corrected chi connectivity index (χ4v) is 5.71. The van der Waals surface area contributed by atoms with Crippen molar-refractivity contribution in [1.82, 2.24) is 0 Å². The maximum Gasteiger partial charge on any atom is 0.269 e. The number of fused-ring (bicyclic) bond motifs is 3. The summed E-state index contributed by atoms with van der Waals surface area (Å²) in [7, 11) is 0. The van der Waals surface area contributed by atoms with Gasteiger partial charge in [-0.3, -0.25) is 29.3 Å². The Morgan fingerprint density at radius 2 is 1.54 bits per heavy atom. The molecule has 9 nitrogen and oxygen atoms in total. The Hall–Kier alpha value is -4.57. The van der Waals surface area contributed by atoms with Gasteiger partial charge in [0.25, 0.3) is 5.69 Å². The molecule has 0 aromatic heterocycles. The van der Waals surface area contributed by atoms with Crippen LogP contribution >= 0.6 is 0 Å². The van der Waals surface area contributed by atoms with E-state index in [2.05, 4.69) is 0 Å². The minimum atomic E-state index is -2.26. The summed E-state index contributed by atoms with van der Waals surface area (Å²) in [6.07, 6.45) is -1.19. The minimum absolute atomic E-state index is 0.0937. The molecule has 10 heteroatoms. The average molecular weight is 500 g/mol. The predicted octanol–water partition coefficient (Wildman–Crippen LogP) is 3.74. The highest BCUT2D eigenvalue weighted by Gasteiger charge is 2.74. The highest BCUT2D eigenvalue weighted by molar-refractivity contribution is 6.37. The molecule has 1 spiro atoms. The summed E-state index contributed by atoms with van der Waals surface area (Å²) in [6, 6.07) is 14.9. The number of nitro benzene ring substituents is 1. The first-order valence-electron chi connectivity index (χ1n) is 11.4. The number of Topliss-reactive ketones (excluding diaryl/α,β-unsaturated/α-hetero) is 2. The van der Waals surface area contributed by atoms with Gasteiger partial charge in [-0.05, 0) is 36.2 Å². The van der Waals surface area contributed by atoms with Gasteiger partial charge in [0, 0.05) is 23.3 Å². The van der Waals surface area contributed by atoms with Gasteiger partial charge in [0.2, 0.25) is 29.0 Å². The number of nitro groups is 1. The number of rotatable bonds is 3. The Kier molecular flexibility index (Phi) is 4.77. The lowest BCUT2D eigenvalue weighted by atomic mass is 9.77. The maximum atomic E-state index is 13.9. The van der Waals surface area contributed by atoms with Gasteiger partial charge in [-0.1, -0.05) is 36.4 Å². The van der Waals surface area contributed by atoms with Crippen molar-refractivity contribution in [2.45, 2.75) is 18.6 Å². The minimum Gasteiger partial charge on any atom is -0.349 e. The molecule has 2 heterocycles. The molecule has 2 amide bonds. The van der Waals surface area contributed by atoms with Gasteiger partial charge in [0.15, 0.2) is 0 Å². The van der Waals surface area contributed by atoms with E-state index in [0.717, 1.165) is 17.0 Å². The molecule has 0 saturated carbocycles. The van der Waals surface area contributed by atoms with Crippen LogP contribution in [0.5, 0.6) is 0 Å². The van der Waals surface area contributed by atoms with Crippen LogP contribution in [0.3, 0.4) is 0 Å². The zero-order valence-electron chi connectivity index (χ0n) is 19.2. The molecule has 3 aromatic rings. The van der Waals surface area contributed by atoms with Crippen LogP contribution in [0.15, 0.2) is 66.7 Å². The number of ether oxygens (including phenoxy) is 1. The molecule has 3 aliphatic rings. The summed E-state index contributed by atoms with van der Waals surface area (Å²) in [6.45, 7) is 1.52. The number of ketones is 2. The van der Waals surface area contributed by atoms with Crippen molar-refractivity contribution in [3.63, 3.8) is 0 Å². The van der Waals surface area contributed by atoms with E-state index in [9.17, 15) is 33.7 Å². The molecule has 2 fully saturated rings. The van der Waals surface area contributed by atoms with E-state index >= 15 is 0 Å². The van der Waals surface area contributed by atoms with Crippen LogP contribution in [0.25, 0.3) is 0 Å². The fourth-order valence-electron chi connectivity index (χ4n) is 5.71. The topological polar surface area (TPSA) is 124 Å². The quantitative estimate of drug-likeness (QED) is 0.232. The largest absolute Gasteiger partial charge is 0.349 e. The number of benzene rings is 3. The van der Waals surface area contributed by atoms with E-state index in [1.54, 1.807) is 12.1 Å². The van der Waals surface area contributed by atoms with Gasteiger partial charge in [-0.25, -0.2) is 9.29 Å². The number of hydrogen-bond donors (Lipinski definition) is 0. The highest BCUT2D eigenvalue weighted by atomic mass is 19.1. The summed E-state index contributed by atoms with van der Waals surface area (Å²) in [5.74, 6) is -6.22. The molecular weight excluding hydrogens is 483 g/mol. The summed E-state index contributed by atoms with van der Waals surface area (Å²) in [5, 5.41) is 11.2. The van der Waals surface area contributed by atoms with E-state index in [0.29, 0.717) is 5.56 Å². The van der Waals surface area contributed by atoms with Gasteiger partial charge in [0.05, 0.1) is 28.6 Å². The molecule has 2 aliphatic heterocycles. The van der Waals surface area contributed by atoms with Crippen molar-refractivity contribution in [1.29, 1.82) is 0 Å². The second kappa shape index (κ2) is 7.71. The molecule has 0 N–H and O–H groups in total. The molecule has 37 heavy (non-hydrogen) atoms. The molecule has 6 rings (SSSR count). The first-order valence-corrected chi connectivity index (χ1v) is 11.4. The van der Waals surface area contributed by atoms with Gasteiger partial charge in [-0.2, -0.15) is 0 Å². The van der Waals surface area contributed by atoms with Gasteiger partial charge in [-0.15, -0.1) is 0 Å². The monoisotopic (exact) mass is 500 g/mol. The molecule has 3 atom stereocenters. The number of anilines is 1. The van der Waals surface area contributed by atoms with Crippen LogP contribution in [0.2, 0.25) is 0 Å². The standard InChI is InChI=1S/C27H17FN2O7/c1-13-12-16(30(35)36)10-11-19(13)29-25(33)20-21(26(29)34)27(37-22(20)14-6-8-15(28)9-7-14)23(31)17-4-2-3-5-18(17)24(27)32/h2-12,20-22H,1H3/t20-,21+,22+/m1/s1. The number of carbonyl (C=O) groups excluding carboxylic acids is 4. The lowest BCUT2D eigenvalue weighted by molar-refractivity contribution is -0.384. The van der Waals surface area contributed by atoms with Crippen LogP contribution < -0.4 is 4.90 Å². The average Bonchev–Trinajstić information content (AvgIpc) is 3.45. The number of hydrogen-bond acceptors (Lipinski definition) is 7. The fraction of sp³-hybridized carbons (Fsp3) is 0.185.